The van der Waals surface area contributed by atoms with Crippen molar-refractivity contribution in [2.75, 3.05) is 35.5 Å². The molecule has 3 aromatic rings. The number of carbonyl (C=O) groups excluding carboxylic acids is 1. The molecule has 6 N–H and O–H groups in total. The molecule has 3 rings (SSSR count). The number of amides is 1. The first kappa shape index (κ1) is 46.8. The zero-order chi connectivity index (χ0) is 33.1. The minimum atomic E-state index is -0.333. The molecule has 1 amide bonds. The number of carbonyl (C=O) groups is 1. The minimum Gasteiger partial charge on any atom is -0.388 e. The van der Waals surface area contributed by atoms with Gasteiger partial charge in [0.2, 0.25) is 5.91 Å². The van der Waals surface area contributed by atoms with Crippen molar-refractivity contribution in [3.05, 3.63) is 91.1 Å². The lowest BCUT2D eigenvalue weighted by Gasteiger charge is -2.03. The van der Waals surface area contributed by atoms with Crippen LogP contribution in [0.5, 0.6) is 0 Å². The normalized spacial score (nSPS) is 7.59. The average molecular weight is 579 g/mol. The summed E-state index contributed by atoms with van der Waals surface area (Å²) in [5.74, 6) is 4.68. The molecule has 7 nitrogen and oxygen atoms in total. The minimum absolute atomic E-state index is 0.200. The predicted molar refractivity (Wildman–Crippen MR) is 180 cm³/mol. The van der Waals surface area contributed by atoms with Gasteiger partial charge in [0.15, 0.2) is 0 Å². The van der Waals surface area contributed by atoms with Crippen LogP contribution in [-0.2, 0) is 4.79 Å². The second kappa shape index (κ2) is 38.2. The smallest absolute Gasteiger partial charge is 0.248 e. The monoisotopic (exact) mass is 578 g/mol. The molecule has 9 heteroatoms. The fourth-order valence-electron chi connectivity index (χ4n) is 2.03. The lowest BCUT2D eigenvalue weighted by molar-refractivity contribution is -0.111. The number of benzene rings is 2. The van der Waals surface area contributed by atoms with E-state index in [-0.39, 0.29) is 17.5 Å². The third-order valence-electron chi connectivity index (χ3n) is 3.65. The Morgan fingerprint density at radius 2 is 1.27 bits per heavy atom. The first-order chi connectivity index (χ1) is 19.9. The molecule has 0 saturated carbocycles. The van der Waals surface area contributed by atoms with E-state index in [1.807, 2.05) is 75.3 Å². The Bertz CT molecular complexity index is 955. The molecule has 0 bridgehead atoms. The number of rotatable bonds is 5. The number of aromatic nitrogens is 1. The van der Waals surface area contributed by atoms with Crippen molar-refractivity contribution in [3.63, 3.8) is 0 Å². The number of nitrogens with two attached hydrogens (primary N) is 1. The highest BCUT2D eigenvalue weighted by atomic mass is 19.1. The van der Waals surface area contributed by atoms with Crippen molar-refractivity contribution >= 4 is 28.8 Å². The van der Waals surface area contributed by atoms with Crippen molar-refractivity contribution in [1.29, 1.82) is 0 Å². The molecule has 0 saturated heterocycles. The number of nitrogens with zero attached hydrogens (tertiary/aromatic N) is 1. The maximum atomic E-state index is 12.4. The van der Waals surface area contributed by atoms with Gasteiger partial charge in [-0.15, -0.1) is 0 Å². The lowest BCUT2D eigenvalue weighted by atomic mass is 10.3. The van der Waals surface area contributed by atoms with Crippen LogP contribution in [-0.4, -0.2) is 25.0 Å². The molecular formula is C32H56F2N6O. The number of hydrazine groups is 1. The van der Waals surface area contributed by atoms with Gasteiger partial charge < -0.3 is 21.4 Å². The summed E-state index contributed by atoms with van der Waals surface area (Å²) in [7, 11) is 3.60. The predicted octanol–water partition coefficient (Wildman–Crippen LogP) is 9.36. The summed E-state index contributed by atoms with van der Waals surface area (Å²) in [6.45, 7) is 23.3. The van der Waals surface area contributed by atoms with Gasteiger partial charge in [-0.25, -0.2) is 13.8 Å². The van der Waals surface area contributed by atoms with Crippen LogP contribution in [0.4, 0.5) is 31.7 Å². The fourth-order valence-corrected chi connectivity index (χ4v) is 2.03. The number of pyridine rings is 1. The standard InChI is InChI=1S/C9H11N3O.C7H8FN.C6H7FN2.5C2H6/c1-3-9(13)12-8-6-7(10-2)4-5-11-8;1-9-7-4-2-6(8)3-5-7;7-5-3-1-2-4-6(5)9-8;5*1-2/h3-6H,1H2,2H3,(H2,10,11,12,13);2-5,9H,1H3;1-4,9H,8H2;5*1-2H3. The van der Waals surface area contributed by atoms with Crippen LogP contribution in [0.15, 0.2) is 79.5 Å². The zero-order valence-electron chi connectivity index (χ0n) is 27.3. The quantitative estimate of drug-likeness (QED) is 0.117. The molecule has 234 valence electrons. The SMILES string of the molecule is C=CC(=O)Nc1cc(NC)ccn1.CC.CC.CC.CC.CC.CNc1ccc(F)cc1.NNc1ccccc1F. The van der Waals surface area contributed by atoms with E-state index < -0.39 is 0 Å². The molecule has 2 aromatic carbocycles. The fraction of sp³-hybridized carbons (Fsp3) is 0.375. The number of para-hydroxylation sites is 1. The van der Waals surface area contributed by atoms with Gasteiger partial charge in [-0.1, -0.05) is 87.9 Å². The van der Waals surface area contributed by atoms with E-state index in [2.05, 4.69) is 32.9 Å². The van der Waals surface area contributed by atoms with Gasteiger partial charge in [-0.2, -0.15) is 0 Å². The highest BCUT2D eigenvalue weighted by molar-refractivity contribution is 5.98. The van der Waals surface area contributed by atoms with Gasteiger partial charge in [0.25, 0.3) is 0 Å². The molecule has 0 atom stereocenters. The summed E-state index contributed by atoms with van der Waals surface area (Å²) in [6.07, 6.45) is 2.82. The van der Waals surface area contributed by atoms with Crippen LogP contribution in [0.1, 0.15) is 69.2 Å². The Kier molecular flexibility index (Phi) is 43.6. The maximum Gasteiger partial charge on any atom is 0.248 e. The molecule has 0 unspecified atom stereocenters. The third kappa shape index (κ3) is 27.4. The molecular weight excluding hydrogens is 522 g/mol. The van der Waals surface area contributed by atoms with E-state index in [9.17, 15) is 13.6 Å². The van der Waals surface area contributed by atoms with Gasteiger partial charge in [0.05, 0.1) is 5.69 Å². The summed E-state index contributed by atoms with van der Waals surface area (Å²) in [5.41, 5.74) is 4.36. The highest BCUT2D eigenvalue weighted by Gasteiger charge is 1.98. The zero-order valence-corrected chi connectivity index (χ0v) is 27.3. The van der Waals surface area contributed by atoms with Gasteiger partial charge >= 0.3 is 0 Å². The summed E-state index contributed by atoms with van der Waals surface area (Å²) in [6, 6.07) is 16.0. The Morgan fingerprint density at radius 1 is 0.780 bits per heavy atom. The average Bonchev–Trinajstić information content (AvgIpc) is 3.07. The number of halogens is 2. The van der Waals surface area contributed by atoms with E-state index in [1.54, 1.807) is 56.7 Å². The second-order valence-corrected chi connectivity index (χ2v) is 5.75. The Labute approximate surface area is 249 Å². The molecule has 0 radical (unpaired) electrons. The van der Waals surface area contributed by atoms with Gasteiger partial charge in [0, 0.05) is 37.7 Å². The number of hydrogen-bond acceptors (Lipinski definition) is 6. The molecule has 0 aliphatic rings. The number of anilines is 4. The van der Waals surface area contributed by atoms with Crippen LogP contribution in [0, 0.1) is 11.6 Å². The van der Waals surface area contributed by atoms with Crippen LogP contribution < -0.4 is 27.2 Å². The van der Waals surface area contributed by atoms with Crippen LogP contribution in [0.2, 0.25) is 0 Å². The topological polar surface area (TPSA) is 104 Å². The van der Waals surface area contributed by atoms with Crippen molar-refractivity contribution in [3.8, 4) is 0 Å². The van der Waals surface area contributed by atoms with Crippen LogP contribution >= 0.6 is 0 Å². The van der Waals surface area contributed by atoms with Gasteiger partial charge in [0.1, 0.15) is 17.5 Å². The molecule has 0 aliphatic heterocycles. The van der Waals surface area contributed by atoms with E-state index in [0.29, 0.717) is 11.5 Å². The highest BCUT2D eigenvalue weighted by Crippen LogP contribution is 2.11. The number of nitrogen functional groups attached to an aromatic ring is 1. The first-order valence-electron chi connectivity index (χ1n) is 14.1. The molecule has 41 heavy (non-hydrogen) atoms. The Morgan fingerprint density at radius 3 is 1.66 bits per heavy atom. The molecule has 0 fully saturated rings. The number of hydrogen-bond donors (Lipinski definition) is 5. The van der Waals surface area contributed by atoms with Crippen molar-refractivity contribution in [2.24, 2.45) is 5.84 Å². The molecule has 1 heterocycles. The van der Waals surface area contributed by atoms with Crippen molar-refractivity contribution in [1.82, 2.24) is 4.98 Å². The molecule has 0 aliphatic carbocycles. The Balaban J connectivity index is -0.000000139. The third-order valence-corrected chi connectivity index (χ3v) is 3.65. The van der Waals surface area contributed by atoms with Crippen molar-refractivity contribution < 1.29 is 13.6 Å². The first-order valence-corrected chi connectivity index (χ1v) is 14.1. The lowest BCUT2D eigenvalue weighted by Crippen LogP contribution is -2.08. The summed E-state index contributed by atoms with van der Waals surface area (Å²) < 4.78 is 24.6. The van der Waals surface area contributed by atoms with Gasteiger partial charge in [-0.3, -0.25) is 10.6 Å². The second-order valence-electron chi connectivity index (χ2n) is 5.75. The van der Waals surface area contributed by atoms with E-state index in [1.165, 1.54) is 24.3 Å². The van der Waals surface area contributed by atoms with E-state index >= 15 is 0 Å². The summed E-state index contributed by atoms with van der Waals surface area (Å²) >= 11 is 0. The molecule has 1 aromatic heterocycles. The maximum absolute atomic E-state index is 12.4. The molecule has 0 spiro atoms. The van der Waals surface area contributed by atoms with Gasteiger partial charge in [-0.05, 0) is 48.5 Å². The number of nitrogens with one attached hydrogen (secondary N) is 4. The summed E-state index contributed by atoms with van der Waals surface area (Å²) in [4.78, 5) is 14.8. The Hall–Kier alpha value is -3.98. The van der Waals surface area contributed by atoms with E-state index in [0.717, 1.165) is 11.4 Å². The van der Waals surface area contributed by atoms with Crippen LogP contribution in [0.25, 0.3) is 0 Å². The van der Waals surface area contributed by atoms with Crippen molar-refractivity contribution in [2.45, 2.75) is 69.2 Å². The van der Waals surface area contributed by atoms with E-state index in [4.69, 9.17) is 5.84 Å². The largest absolute Gasteiger partial charge is 0.388 e. The van der Waals surface area contributed by atoms with Crippen LogP contribution in [0.3, 0.4) is 0 Å². The summed E-state index contributed by atoms with van der Waals surface area (Å²) in [5, 5.41) is 8.39.